The molecule has 0 saturated heterocycles. The number of aromatic nitrogens is 3. The van der Waals surface area contributed by atoms with Crippen molar-refractivity contribution in [1.82, 2.24) is 20.2 Å². The lowest BCUT2D eigenvalue weighted by Crippen LogP contribution is -2.42. The molecule has 1 N–H and O–H groups in total. The van der Waals surface area contributed by atoms with E-state index < -0.39 is 0 Å². The lowest BCUT2D eigenvalue weighted by atomic mass is 10.2. The second-order valence-corrected chi connectivity index (χ2v) is 6.24. The maximum atomic E-state index is 12.8. The van der Waals surface area contributed by atoms with E-state index >= 15 is 0 Å². The number of amides is 1. The summed E-state index contributed by atoms with van der Waals surface area (Å²) in [7, 11) is 0. The van der Waals surface area contributed by atoms with Gasteiger partial charge in [0.1, 0.15) is 12.7 Å². The fraction of sp³-hybridized carbons (Fsp3) is 0.0455. The average Bonchev–Trinajstić information content (AvgIpc) is 3.30. The van der Waals surface area contributed by atoms with Crippen LogP contribution in [0.3, 0.4) is 0 Å². The minimum Gasteiger partial charge on any atom is -0.281 e. The molecule has 4 aromatic rings. The number of hydrogen-bond acceptors (Lipinski definition) is 4. The molecule has 0 atom stereocenters. The van der Waals surface area contributed by atoms with Crippen molar-refractivity contribution >= 4 is 11.6 Å². The number of para-hydroxylation sites is 1. The van der Waals surface area contributed by atoms with E-state index in [2.05, 4.69) is 15.5 Å². The Hall–Kier alpha value is -3.93. The molecular weight excluding hydrogens is 350 g/mol. The van der Waals surface area contributed by atoms with Crippen molar-refractivity contribution < 1.29 is 4.79 Å². The standard InChI is InChI=1S/C22H19N5O/c28-22(19-11-13-21(14-12-19)27-17-23-16-24-27)25-26(20-9-5-2-6-10-20)15-18-7-3-1-4-8-18/h1-14,16-17H,15H2,(H,25,28). The van der Waals surface area contributed by atoms with E-state index in [0.29, 0.717) is 12.1 Å². The number of carbonyl (C=O) groups is 1. The lowest BCUT2D eigenvalue weighted by Gasteiger charge is -2.25. The van der Waals surface area contributed by atoms with Gasteiger partial charge >= 0.3 is 0 Å². The summed E-state index contributed by atoms with van der Waals surface area (Å²) in [6.45, 7) is 0.563. The zero-order chi connectivity index (χ0) is 19.2. The molecule has 4 rings (SSSR count). The van der Waals surface area contributed by atoms with Crippen LogP contribution in [0.25, 0.3) is 5.69 Å². The number of nitrogens with zero attached hydrogens (tertiary/aromatic N) is 4. The van der Waals surface area contributed by atoms with Crippen LogP contribution in [0.1, 0.15) is 15.9 Å². The Labute approximate surface area is 163 Å². The number of carbonyl (C=O) groups excluding carboxylic acids is 1. The van der Waals surface area contributed by atoms with Crippen LogP contribution in [0.4, 0.5) is 5.69 Å². The minimum atomic E-state index is -0.176. The second kappa shape index (κ2) is 8.18. The molecule has 0 aliphatic heterocycles. The first-order chi connectivity index (χ1) is 13.8. The lowest BCUT2D eigenvalue weighted by molar-refractivity contribution is 0.0948. The summed E-state index contributed by atoms with van der Waals surface area (Å²) in [6, 6.07) is 27.1. The van der Waals surface area contributed by atoms with Gasteiger partial charge in [-0.3, -0.25) is 15.2 Å². The molecule has 6 heteroatoms. The topological polar surface area (TPSA) is 63.1 Å². The van der Waals surface area contributed by atoms with E-state index in [0.717, 1.165) is 16.9 Å². The van der Waals surface area contributed by atoms with Crippen LogP contribution < -0.4 is 10.4 Å². The van der Waals surface area contributed by atoms with Crippen molar-refractivity contribution in [3.8, 4) is 5.69 Å². The minimum absolute atomic E-state index is 0.176. The highest BCUT2D eigenvalue weighted by Crippen LogP contribution is 2.16. The Morgan fingerprint density at radius 3 is 2.21 bits per heavy atom. The largest absolute Gasteiger partial charge is 0.281 e. The zero-order valence-electron chi connectivity index (χ0n) is 15.1. The third-order valence-electron chi connectivity index (χ3n) is 4.30. The molecule has 28 heavy (non-hydrogen) atoms. The van der Waals surface area contributed by atoms with Crippen molar-refractivity contribution in [2.24, 2.45) is 0 Å². The number of hydrogen-bond donors (Lipinski definition) is 1. The molecule has 138 valence electrons. The molecule has 0 aliphatic rings. The number of benzene rings is 3. The molecule has 0 unspecified atom stereocenters. The molecule has 0 radical (unpaired) electrons. The molecule has 0 saturated carbocycles. The van der Waals surface area contributed by atoms with Gasteiger partial charge in [-0.05, 0) is 42.0 Å². The van der Waals surface area contributed by atoms with Gasteiger partial charge in [0.15, 0.2) is 0 Å². The van der Waals surface area contributed by atoms with E-state index in [1.54, 1.807) is 23.1 Å². The van der Waals surface area contributed by atoms with Crippen molar-refractivity contribution in [1.29, 1.82) is 0 Å². The molecule has 0 bridgehead atoms. The first-order valence-electron chi connectivity index (χ1n) is 8.92. The summed E-state index contributed by atoms with van der Waals surface area (Å²) in [5, 5.41) is 5.94. The van der Waals surface area contributed by atoms with E-state index in [1.165, 1.54) is 6.33 Å². The first kappa shape index (κ1) is 17.5. The Balaban J connectivity index is 1.53. The summed E-state index contributed by atoms with van der Waals surface area (Å²) in [5.41, 5.74) is 6.45. The normalized spacial score (nSPS) is 10.4. The monoisotopic (exact) mass is 369 g/mol. The van der Waals surface area contributed by atoms with Crippen LogP contribution in [0.2, 0.25) is 0 Å². The Bertz CT molecular complexity index is 1020. The number of rotatable bonds is 6. The quantitative estimate of drug-likeness (QED) is 0.527. The van der Waals surface area contributed by atoms with Gasteiger partial charge in [0, 0.05) is 5.56 Å². The van der Waals surface area contributed by atoms with Crippen molar-refractivity contribution in [3.05, 3.63) is 109 Å². The van der Waals surface area contributed by atoms with E-state index in [-0.39, 0.29) is 5.91 Å². The summed E-state index contributed by atoms with van der Waals surface area (Å²) < 4.78 is 1.65. The predicted octanol–water partition coefficient (Wildman–Crippen LogP) is 3.62. The maximum Gasteiger partial charge on any atom is 0.269 e. The van der Waals surface area contributed by atoms with Crippen LogP contribution in [-0.2, 0) is 6.54 Å². The molecule has 0 aliphatic carbocycles. The second-order valence-electron chi connectivity index (χ2n) is 6.24. The zero-order valence-corrected chi connectivity index (χ0v) is 15.1. The van der Waals surface area contributed by atoms with Gasteiger partial charge in [0.2, 0.25) is 0 Å². The SMILES string of the molecule is O=C(NN(Cc1ccccc1)c1ccccc1)c1ccc(-n2cncn2)cc1. The number of nitrogens with one attached hydrogen (secondary N) is 1. The highest BCUT2D eigenvalue weighted by atomic mass is 16.2. The van der Waals surface area contributed by atoms with Gasteiger partial charge in [-0.2, -0.15) is 5.10 Å². The first-order valence-corrected chi connectivity index (χ1v) is 8.92. The Morgan fingerprint density at radius 1 is 0.893 bits per heavy atom. The van der Waals surface area contributed by atoms with Crippen LogP contribution in [0, 0.1) is 0 Å². The summed E-state index contributed by atoms with van der Waals surface area (Å²) in [4.78, 5) is 16.8. The molecule has 1 aromatic heterocycles. The summed E-state index contributed by atoms with van der Waals surface area (Å²) >= 11 is 0. The third-order valence-corrected chi connectivity index (χ3v) is 4.30. The fourth-order valence-corrected chi connectivity index (χ4v) is 2.86. The van der Waals surface area contributed by atoms with Crippen molar-refractivity contribution in [2.75, 3.05) is 5.01 Å². The van der Waals surface area contributed by atoms with E-state index in [4.69, 9.17) is 0 Å². The molecule has 6 nitrogen and oxygen atoms in total. The van der Waals surface area contributed by atoms with Gasteiger partial charge in [-0.25, -0.2) is 9.67 Å². The highest BCUT2D eigenvalue weighted by Gasteiger charge is 2.13. The molecule has 0 spiro atoms. The van der Waals surface area contributed by atoms with Gasteiger partial charge in [0.25, 0.3) is 5.91 Å². The average molecular weight is 369 g/mol. The smallest absolute Gasteiger partial charge is 0.269 e. The third kappa shape index (κ3) is 4.07. The molecule has 0 fully saturated rings. The molecule has 1 amide bonds. The maximum absolute atomic E-state index is 12.8. The van der Waals surface area contributed by atoms with Gasteiger partial charge in [-0.1, -0.05) is 48.5 Å². The van der Waals surface area contributed by atoms with Crippen LogP contribution in [-0.4, -0.2) is 20.7 Å². The van der Waals surface area contributed by atoms with Crippen molar-refractivity contribution in [3.63, 3.8) is 0 Å². The van der Waals surface area contributed by atoms with Crippen LogP contribution in [0.15, 0.2) is 97.6 Å². The Kier molecular flexibility index (Phi) is 5.11. The van der Waals surface area contributed by atoms with Gasteiger partial charge < -0.3 is 0 Å². The number of anilines is 1. The van der Waals surface area contributed by atoms with Crippen molar-refractivity contribution in [2.45, 2.75) is 6.54 Å². The fourth-order valence-electron chi connectivity index (χ4n) is 2.86. The number of hydrazine groups is 1. The molecule has 3 aromatic carbocycles. The highest BCUT2D eigenvalue weighted by molar-refractivity contribution is 5.95. The summed E-state index contributed by atoms with van der Waals surface area (Å²) in [5.74, 6) is -0.176. The van der Waals surface area contributed by atoms with Crippen LogP contribution in [0.5, 0.6) is 0 Å². The predicted molar refractivity (Wildman–Crippen MR) is 108 cm³/mol. The van der Waals surface area contributed by atoms with Gasteiger partial charge in [0.05, 0.1) is 17.9 Å². The van der Waals surface area contributed by atoms with E-state index in [9.17, 15) is 4.79 Å². The van der Waals surface area contributed by atoms with E-state index in [1.807, 2.05) is 77.8 Å². The Morgan fingerprint density at radius 2 is 1.57 bits per heavy atom. The van der Waals surface area contributed by atoms with Crippen LogP contribution >= 0.6 is 0 Å². The molecule has 1 heterocycles. The van der Waals surface area contributed by atoms with Gasteiger partial charge in [-0.15, -0.1) is 0 Å². The molecular formula is C22H19N5O. The summed E-state index contributed by atoms with van der Waals surface area (Å²) in [6.07, 6.45) is 3.09.